The Morgan fingerprint density at radius 3 is 2.43 bits per heavy atom. The van der Waals surface area contributed by atoms with Crippen LogP contribution in [0.4, 0.5) is 0 Å². The number of benzene rings is 2. The molecule has 0 fully saturated rings. The third kappa shape index (κ3) is 2.69. The summed E-state index contributed by atoms with van der Waals surface area (Å²) in [6.45, 7) is 0. The number of methoxy groups -OCH3 is 1. The SMILES string of the molecule is COc1ccc(C2=NOC(=O)/C2=C\c2ccccc2)cc1. The summed E-state index contributed by atoms with van der Waals surface area (Å²) in [6.07, 6.45) is 1.78. The second kappa shape index (κ2) is 5.63. The summed E-state index contributed by atoms with van der Waals surface area (Å²) >= 11 is 0. The van der Waals surface area contributed by atoms with Gasteiger partial charge in [-0.3, -0.25) is 0 Å². The Morgan fingerprint density at radius 2 is 1.76 bits per heavy atom. The lowest BCUT2D eigenvalue weighted by molar-refractivity contribution is -0.136. The third-order valence-electron chi connectivity index (χ3n) is 3.17. The predicted molar refractivity (Wildman–Crippen MR) is 80.0 cm³/mol. The molecular formula is C17H13NO3. The average Bonchev–Trinajstić information content (AvgIpc) is 2.90. The molecule has 0 amide bonds. The Bertz CT molecular complexity index is 715. The minimum absolute atomic E-state index is 0.440. The van der Waals surface area contributed by atoms with Crippen molar-refractivity contribution in [3.05, 3.63) is 71.3 Å². The van der Waals surface area contributed by atoms with Crippen LogP contribution in [0.5, 0.6) is 5.75 Å². The van der Waals surface area contributed by atoms with Crippen LogP contribution in [0, 0.1) is 0 Å². The van der Waals surface area contributed by atoms with Gasteiger partial charge in [-0.05, 0) is 35.9 Å². The summed E-state index contributed by atoms with van der Waals surface area (Å²) in [7, 11) is 1.61. The molecule has 0 saturated heterocycles. The Kier molecular flexibility index (Phi) is 3.51. The molecule has 1 aliphatic rings. The summed E-state index contributed by atoms with van der Waals surface area (Å²) < 4.78 is 5.12. The number of carbonyl (C=O) groups is 1. The van der Waals surface area contributed by atoms with E-state index >= 15 is 0 Å². The van der Waals surface area contributed by atoms with Gasteiger partial charge in [-0.2, -0.15) is 0 Å². The molecule has 2 aromatic rings. The fraction of sp³-hybridized carbons (Fsp3) is 0.0588. The number of carbonyl (C=O) groups excluding carboxylic acids is 1. The van der Waals surface area contributed by atoms with E-state index in [-0.39, 0.29) is 0 Å². The van der Waals surface area contributed by atoms with E-state index in [9.17, 15) is 4.79 Å². The largest absolute Gasteiger partial charge is 0.497 e. The zero-order chi connectivity index (χ0) is 14.7. The highest BCUT2D eigenvalue weighted by atomic mass is 16.7. The number of hydrogen-bond donors (Lipinski definition) is 0. The number of oxime groups is 1. The molecule has 4 heteroatoms. The van der Waals surface area contributed by atoms with Crippen molar-refractivity contribution in [2.45, 2.75) is 0 Å². The smallest absolute Gasteiger partial charge is 0.368 e. The van der Waals surface area contributed by atoms with Gasteiger partial charge in [-0.15, -0.1) is 0 Å². The summed E-state index contributed by atoms with van der Waals surface area (Å²) in [4.78, 5) is 16.7. The molecule has 1 heterocycles. The summed E-state index contributed by atoms with van der Waals surface area (Å²) in [5.74, 6) is 0.308. The molecule has 0 atom stereocenters. The second-order valence-electron chi connectivity index (χ2n) is 4.52. The Morgan fingerprint density at radius 1 is 1.05 bits per heavy atom. The van der Waals surface area contributed by atoms with Crippen molar-refractivity contribution in [3.8, 4) is 5.75 Å². The maximum absolute atomic E-state index is 11.9. The first-order chi connectivity index (χ1) is 10.3. The van der Waals surface area contributed by atoms with Crippen LogP contribution >= 0.6 is 0 Å². The van der Waals surface area contributed by atoms with E-state index in [0.717, 1.165) is 16.9 Å². The molecule has 0 radical (unpaired) electrons. The molecule has 0 N–H and O–H groups in total. The van der Waals surface area contributed by atoms with Crippen LogP contribution in [-0.2, 0) is 9.63 Å². The molecule has 21 heavy (non-hydrogen) atoms. The van der Waals surface area contributed by atoms with Gasteiger partial charge in [-0.25, -0.2) is 4.79 Å². The van der Waals surface area contributed by atoms with E-state index < -0.39 is 5.97 Å². The highest BCUT2D eigenvalue weighted by Gasteiger charge is 2.26. The molecule has 2 aromatic carbocycles. The van der Waals surface area contributed by atoms with Crippen molar-refractivity contribution in [2.24, 2.45) is 5.16 Å². The lowest BCUT2D eigenvalue weighted by atomic mass is 10.0. The molecule has 104 valence electrons. The van der Waals surface area contributed by atoms with Crippen LogP contribution in [0.3, 0.4) is 0 Å². The number of rotatable bonds is 3. The number of nitrogens with zero attached hydrogens (tertiary/aromatic N) is 1. The Labute approximate surface area is 122 Å². The van der Waals surface area contributed by atoms with E-state index in [4.69, 9.17) is 9.57 Å². The predicted octanol–water partition coefficient (Wildman–Crippen LogP) is 3.04. The monoisotopic (exact) mass is 279 g/mol. The van der Waals surface area contributed by atoms with E-state index in [1.807, 2.05) is 54.6 Å². The zero-order valence-corrected chi connectivity index (χ0v) is 11.4. The third-order valence-corrected chi connectivity index (χ3v) is 3.17. The normalized spacial score (nSPS) is 15.8. The summed E-state index contributed by atoms with van der Waals surface area (Å²) in [5, 5.41) is 3.88. The molecular weight excluding hydrogens is 266 g/mol. The first-order valence-electron chi connectivity index (χ1n) is 6.49. The minimum atomic E-state index is -0.440. The second-order valence-corrected chi connectivity index (χ2v) is 4.52. The van der Waals surface area contributed by atoms with E-state index in [0.29, 0.717) is 11.3 Å². The van der Waals surface area contributed by atoms with Gasteiger partial charge >= 0.3 is 5.97 Å². The van der Waals surface area contributed by atoms with Crippen molar-refractivity contribution in [1.82, 2.24) is 0 Å². The molecule has 0 aliphatic carbocycles. The Hall–Kier alpha value is -2.88. The van der Waals surface area contributed by atoms with Gasteiger partial charge in [0.05, 0.1) is 12.7 Å². The van der Waals surface area contributed by atoms with Crippen LogP contribution in [-0.4, -0.2) is 18.8 Å². The maximum Gasteiger partial charge on any atom is 0.368 e. The van der Waals surface area contributed by atoms with Gasteiger partial charge in [-0.1, -0.05) is 35.5 Å². The summed E-state index contributed by atoms with van der Waals surface area (Å²) in [5.41, 5.74) is 2.72. The Balaban J connectivity index is 1.97. The average molecular weight is 279 g/mol. The molecule has 4 nitrogen and oxygen atoms in total. The first kappa shape index (κ1) is 13.1. The quantitative estimate of drug-likeness (QED) is 0.641. The topological polar surface area (TPSA) is 47.9 Å². The highest BCUT2D eigenvalue weighted by Crippen LogP contribution is 2.22. The van der Waals surface area contributed by atoms with Gasteiger partial charge in [0.15, 0.2) is 0 Å². The zero-order valence-electron chi connectivity index (χ0n) is 11.4. The van der Waals surface area contributed by atoms with Crippen LogP contribution in [0.15, 0.2) is 65.3 Å². The maximum atomic E-state index is 11.9. The van der Waals surface area contributed by atoms with Gasteiger partial charge in [0.1, 0.15) is 11.5 Å². The van der Waals surface area contributed by atoms with E-state index in [1.54, 1.807) is 13.2 Å². The molecule has 3 rings (SSSR count). The standard InChI is InChI=1S/C17H13NO3/c1-20-14-9-7-13(8-10-14)16-15(17(19)21-18-16)11-12-5-3-2-4-6-12/h2-11H,1H3/b15-11-. The van der Waals surface area contributed by atoms with Crippen molar-refractivity contribution in [3.63, 3.8) is 0 Å². The lowest BCUT2D eigenvalue weighted by Gasteiger charge is -2.03. The number of hydrogen-bond acceptors (Lipinski definition) is 4. The van der Waals surface area contributed by atoms with Crippen LogP contribution in [0.2, 0.25) is 0 Å². The van der Waals surface area contributed by atoms with Gasteiger partial charge < -0.3 is 9.57 Å². The van der Waals surface area contributed by atoms with Crippen molar-refractivity contribution in [1.29, 1.82) is 0 Å². The molecule has 0 bridgehead atoms. The molecule has 0 saturated carbocycles. The highest BCUT2D eigenvalue weighted by molar-refractivity contribution is 6.31. The fourth-order valence-electron chi connectivity index (χ4n) is 2.08. The summed E-state index contributed by atoms with van der Waals surface area (Å²) in [6, 6.07) is 16.9. The number of ether oxygens (including phenoxy) is 1. The van der Waals surface area contributed by atoms with Crippen LogP contribution in [0.25, 0.3) is 6.08 Å². The fourth-order valence-corrected chi connectivity index (χ4v) is 2.08. The van der Waals surface area contributed by atoms with Gasteiger partial charge in [0.2, 0.25) is 0 Å². The first-order valence-corrected chi connectivity index (χ1v) is 6.49. The van der Waals surface area contributed by atoms with E-state index in [2.05, 4.69) is 5.16 Å². The van der Waals surface area contributed by atoms with Crippen molar-refractivity contribution >= 4 is 17.8 Å². The molecule has 0 unspecified atom stereocenters. The van der Waals surface area contributed by atoms with Crippen LogP contribution in [0.1, 0.15) is 11.1 Å². The van der Waals surface area contributed by atoms with Crippen LogP contribution < -0.4 is 4.74 Å². The minimum Gasteiger partial charge on any atom is -0.497 e. The van der Waals surface area contributed by atoms with Gasteiger partial charge in [0, 0.05) is 5.56 Å². The van der Waals surface area contributed by atoms with E-state index in [1.165, 1.54) is 0 Å². The molecule has 0 spiro atoms. The van der Waals surface area contributed by atoms with Crippen molar-refractivity contribution < 1.29 is 14.4 Å². The van der Waals surface area contributed by atoms with Crippen molar-refractivity contribution in [2.75, 3.05) is 7.11 Å². The van der Waals surface area contributed by atoms with Gasteiger partial charge in [0.25, 0.3) is 0 Å². The lowest BCUT2D eigenvalue weighted by Crippen LogP contribution is -2.06. The molecule has 0 aromatic heterocycles. The molecule has 1 aliphatic heterocycles.